The Morgan fingerprint density at radius 3 is 2.14 bits per heavy atom. The number of nitrogens with zero attached hydrogens (tertiary/aromatic N) is 1. The Hall–Kier alpha value is -0.570. The Morgan fingerprint density at radius 1 is 1.43 bits per heavy atom. The molecule has 0 aliphatic carbocycles. The molecule has 3 heteroatoms. The molecule has 0 heterocycles. The van der Waals surface area contributed by atoms with Crippen LogP contribution in [0.2, 0.25) is 0 Å². The van der Waals surface area contributed by atoms with Gasteiger partial charge in [-0.25, -0.2) is 0 Å². The first-order valence-corrected chi connectivity index (χ1v) is 5.31. The Kier molecular flexibility index (Phi) is 5.13. The first-order chi connectivity index (χ1) is 6.40. The normalized spacial score (nSPS) is 17.9. The molecule has 0 radical (unpaired) electrons. The van der Waals surface area contributed by atoms with E-state index >= 15 is 0 Å². The van der Waals surface area contributed by atoms with Gasteiger partial charge in [0.15, 0.2) is 0 Å². The van der Waals surface area contributed by atoms with E-state index in [1.54, 1.807) is 0 Å². The minimum Gasteiger partial charge on any atom is -0.480 e. The van der Waals surface area contributed by atoms with Crippen LogP contribution in [-0.2, 0) is 4.79 Å². The summed E-state index contributed by atoms with van der Waals surface area (Å²) in [7, 11) is 3.69. The molecule has 1 N–H and O–H groups in total. The van der Waals surface area contributed by atoms with E-state index in [0.29, 0.717) is 12.3 Å². The van der Waals surface area contributed by atoms with Gasteiger partial charge >= 0.3 is 5.97 Å². The van der Waals surface area contributed by atoms with Gasteiger partial charge in [0, 0.05) is 0 Å². The van der Waals surface area contributed by atoms with E-state index in [1.165, 1.54) is 0 Å². The molecule has 2 unspecified atom stereocenters. The second kappa shape index (κ2) is 5.35. The molecule has 0 bridgehead atoms. The van der Waals surface area contributed by atoms with Crippen molar-refractivity contribution >= 4 is 5.97 Å². The van der Waals surface area contributed by atoms with Gasteiger partial charge in [0.05, 0.1) is 0 Å². The van der Waals surface area contributed by atoms with Gasteiger partial charge < -0.3 is 5.11 Å². The predicted molar refractivity (Wildman–Crippen MR) is 58.4 cm³/mol. The van der Waals surface area contributed by atoms with Crippen LogP contribution in [0.3, 0.4) is 0 Å². The molecule has 0 aromatic carbocycles. The number of hydrogen-bond acceptors (Lipinski definition) is 2. The number of likely N-dealkylation sites (N-methyl/N-ethyl adjacent to an activating group) is 1. The van der Waals surface area contributed by atoms with E-state index in [2.05, 4.69) is 13.8 Å². The Balaban J connectivity index is 4.76. The molecule has 0 aromatic rings. The molecule has 14 heavy (non-hydrogen) atoms. The summed E-state index contributed by atoms with van der Waals surface area (Å²) in [5, 5.41) is 9.30. The molecule has 84 valence electrons. The Morgan fingerprint density at radius 2 is 1.93 bits per heavy atom. The van der Waals surface area contributed by atoms with E-state index in [9.17, 15) is 9.90 Å². The average Bonchev–Trinajstić information content (AvgIpc) is 2.12. The lowest BCUT2D eigenvalue weighted by atomic mass is 9.83. The fraction of sp³-hybridized carbons (Fsp3) is 0.909. The van der Waals surface area contributed by atoms with Crippen molar-refractivity contribution in [2.45, 2.75) is 45.6 Å². The van der Waals surface area contributed by atoms with Crippen molar-refractivity contribution in [3.05, 3.63) is 0 Å². The quantitative estimate of drug-likeness (QED) is 0.716. The largest absolute Gasteiger partial charge is 0.480 e. The number of carboxylic acid groups (broad SMARTS) is 1. The Labute approximate surface area is 87.1 Å². The highest BCUT2D eigenvalue weighted by molar-refractivity contribution is 5.78. The molecular weight excluding hydrogens is 178 g/mol. The van der Waals surface area contributed by atoms with E-state index in [0.717, 1.165) is 12.8 Å². The maximum atomic E-state index is 11.3. The van der Waals surface area contributed by atoms with Crippen molar-refractivity contribution < 1.29 is 9.90 Å². The number of rotatable bonds is 6. The lowest BCUT2D eigenvalue weighted by Gasteiger charge is -2.36. The number of aliphatic carboxylic acids is 1. The summed E-state index contributed by atoms with van der Waals surface area (Å²) >= 11 is 0. The predicted octanol–water partition coefficient (Wildman–Crippen LogP) is 2.22. The number of hydrogen-bond donors (Lipinski definition) is 1. The van der Waals surface area contributed by atoms with Gasteiger partial charge in [0.2, 0.25) is 0 Å². The summed E-state index contributed by atoms with van der Waals surface area (Å²) in [6.07, 6.45) is 2.41. The highest BCUT2D eigenvalue weighted by atomic mass is 16.4. The zero-order valence-corrected chi connectivity index (χ0v) is 10.0. The van der Waals surface area contributed by atoms with Crippen LogP contribution in [0.1, 0.15) is 40.0 Å². The smallest absolute Gasteiger partial charge is 0.324 e. The third-order valence-corrected chi connectivity index (χ3v) is 3.22. The van der Waals surface area contributed by atoms with Crippen LogP contribution in [0, 0.1) is 5.92 Å². The monoisotopic (exact) mass is 201 g/mol. The molecule has 0 spiro atoms. The lowest BCUT2D eigenvalue weighted by Crippen LogP contribution is -2.51. The summed E-state index contributed by atoms with van der Waals surface area (Å²) in [4.78, 5) is 13.1. The van der Waals surface area contributed by atoms with Crippen LogP contribution in [0.15, 0.2) is 0 Å². The Bertz CT molecular complexity index is 192. The molecule has 3 nitrogen and oxygen atoms in total. The summed E-state index contributed by atoms with van der Waals surface area (Å²) in [6, 6.07) is 0. The van der Waals surface area contributed by atoms with E-state index in [4.69, 9.17) is 0 Å². The van der Waals surface area contributed by atoms with Crippen LogP contribution in [-0.4, -0.2) is 35.6 Å². The fourth-order valence-corrected chi connectivity index (χ4v) is 1.79. The van der Waals surface area contributed by atoms with Gasteiger partial charge in [0.1, 0.15) is 5.54 Å². The van der Waals surface area contributed by atoms with Gasteiger partial charge in [0.25, 0.3) is 0 Å². The molecule has 0 fully saturated rings. The van der Waals surface area contributed by atoms with Crippen LogP contribution in [0.5, 0.6) is 0 Å². The van der Waals surface area contributed by atoms with Gasteiger partial charge in [-0.2, -0.15) is 0 Å². The molecule has 0 amide bonds. The summed E-state index contributed by atoms with van der Waals surface area (Å²) in [5.41, 5.74) is -0.685. The van der Waals surface area contributed by atoms with E-state index in [1.807, 2.05) is 25.9 Å². The first-order valence-electron chi connectivity index (χ1n) is 5.31. The summed E-state index contributed by atoms with van der Waals surface area (Å²) in [5.74, 6) is -0.251. The lowest BCUT2D eigenvalue weighted by molar-refractivity contribution is -0.151. The van der Waals surface area contributed by atoms with E-state index in [-0.39, 0.29) is 0 Å². The number of carbonyl (C=O) groups is 1. The molecule has 2 atom stereocenters. The van der Waals surface area contributed by atoms with Crippen molar-refractivity contribution in [2.24, 2.45) is 5.92 Å². The average molecular weight is 201 g/mol. The highest BCUT2D eigenvalue weighted by Crippen LogP contribution is 2.27. The molecule has 0 saturated heterocycles. The second-order valence-corrected chi connectivity index (χ2v) is 4.30. The minimum absolute atomic E-state index is 0.452. The van der Waals surface area contributed by atoms with E-state index < -0.39 is 11.5 Å². The number of carboxylic acids is 1. The first kappa shape index (κ1) is 13.4. The van der Waals surface area contributed by atoms with Crippen molar-refractivity contribution in [3.8, 4) is 0 Å². The van der Waals surface area contributed by atoms with Gasteiger partial charge in [-0.05, 0) is 32.9 Å². The third kappa shape index (κ3) is 2.71. The standard InChI is InChI=1S/C11H23NO2/c1-6-9(3)8-11(7-2,10(13)14)12(4)5/h9H,6-8H2,1-5H3,(H,13,14). The second-order valence-electron chi connectivity index (χ2n) is 4.30. The topological polar surface area (TPSA) is 40.5 Å². The van der Waals surface area contributed by atoms with Crippen molar-refractivity contribution in [1.82, 2.24) is 4.90 Å². The van der Waals surface area contributed by atoms with Crippen LogP contribution >= 0.6 is 0 Å². The van der Waals surface area contributed by atoms with Crippen LogP contribution in [0.4, 0.5) is 0 Å². The highest BCUT2D eigenvalue weighted by Gasteiger charge is 2.39. The van der Waals surface area contributed by atoms with Gasteiger partial charge in [-0.1, -0.05) is 27.2 Å². The molecular formula is C11H23NO2. The molecule has 0 aliphatic rings. The molecule has 0 aromatic heterocycles. The molecule has 0 rings (SSSR count). The maximum absolute atomic E-state index is 11.3. The van der Waals surface area contributed by atoms with Crippen LogP contribution < -0.4 is 0 Å². The minimum atomic E-state index is -0.703. The zero-order chi connectivity index (χ0) is 11.4. The van der Waals surface area contributed by atoms with Crippen molar-refractivity contribution in [1.29, 1.82) is 0 Å². The third-order valence-electron chi connectivity index (χ3n) is 3.22. The zero-order valence-electron chi connectivity index (χ0n) is 10.0. The van der Waals surface area contributed by atoms with Gasteiger partial charge in [-0.3, -0.25) is 9.69 Å². The van der Waals surface area contributed by atoms with Crippen molar-refractivity contribution in [3.63, 3.8) is 0 Å². The summed E-state index contributed by atoms with van der Waals surface area (Å²) < 4.78 is 0. The maximum Gasteiger partial charge on any atom is 0.324 e. The summed E-state index contributed by atoms with van der Waals surface area (Å²) in [6.45, 7) is 6.15. The SMILES string of the molecule is CCC(C)CC(CC)(C(=O)O)N(C)C. The fourth-order valence-electron chi connectivity index (χ4n) is 1.79. The van der Waals surface area contributed by atoms with Crippen molar-refractivity contribution in [2.75, 3.05) is 14.1 Å². The van der Waals surface area contributed by atoms with Gasteiger partial charge in [-0.15, -0.1) is 0 Å². The van der Waals surface area contributed by atoms with Crippen LogP contribution in [0.25, 0.3) is 0 Å². The molecule has 0 aliphatic heterocycles. The molecule has 0 saturated carbocycles.